The Morgan fingerprint density at radius 1 is 0.110 bits per heavy atom. The molecule has 0 amide bonds. The molecule has 9 heteroatoms. The van der Waals surface area contributed by atoms with Gasteiger partial charge >= 0.3 is 0 Å². The van der Waals surface area contributed by atoms with Crippen LogP contribution in [0.4, 0.5) is 0 Å². The fourth-order valence-corrected chi connectivity index (χ4v) is 19.0. The minimum absolute atomic E-state index is 0.648. The average Bonchev–Trinajstić information content (AvgIpc) is 0.757. The van der Waals surface area contributed by atoms with Crippen LogP contribution in [0.1, 0.15) is 0 Å². The molecule has 4 aromatic heterocycles. The zero-order valence-corrected chi connectivity index (χ0v) is 73.8. The van der Waals surface area contributed by atoms with Gasteiger partial charge in [0.1, 0.15) is 0 Å². The van der Waals surface area contributed by atoms with Gasteiger partial charge in [0.15, 0.2) is 40.8 Å². The Balaban J connectivity index is 0.000000112. The average molecular weight is 1730 g/mol. The lowest BCUT2D eigenvalue weighted by Gasteiger charge is -2.14. The van der Waals surface area contributed by atoms with E-state index in [0.717, 1.165) is 100 Å². The number of hydrogen-bond donors (Lipinski definition) is 0. The number of hydrogen-bond acceptors (Lipinski definition) is 9. The molecule has 0 spiro atoms. The number of fused-ring (bicyclic) bond motifs is 16. The van der Waals surface area contributed by atoms with Crippen molar-refractivity contribution in [3.8, 4) is 147 Å². The van der Waals surface area contributed by atoms with Gasteiger partial charge in [-0.3, -0.25) is 4.98 Å². The van der Waals surface area contributed by atoms with Crippen LogP contribution in [-0.4, -0.2) is 44.9 Å². The molecule has 4 heterocycles. The van der Waals surface area contributed by atoms with E-state index in [2.05, 4.69) is 322 Å². The topological polar surface area (TPSA) is 116 Å². The zero-order valence-electron chi connectivity index (χ0n) is 73.8. The second-order valence-electron chi connectivity index (χ2n) is 34.3. The summed E-state index contributed by atoms with van der Waals surface area (Å²) in [7, 11) is 0. The summed E-state index contributed by atoms with van der Waals surface area (Å²) in [6.07, 6.45) is 1.85. The molecule has 0 fully saturated rings. The Morgan fingerprint density at radius 3 is 0.801 bits per heavy atom. The van der Waals surface area contributed by atoms with E-state index >= 15 is 0 Å². The van der Waals surface area contributed by atoms with Gasteiger partial charge in [-0.05, 0) is 202 Å². The van der Waals surface area contributed by atoms with E-state index in [0.29, 0.717) is 40.8 Å². The number of aromatic nitrogens is 9. The molecule has 0 saturated heterocycles. The number of benzene rings is 22. The van der Waals surface area contributed by atoms with E-state index < -0.39 is 0 Å². The van der Waals surface area contributed by atoms with Gasteiger partial charge in [0.25, 0.3) is 0 Å². The summed E-state index contributed by atoms with van der Waals surface area (Å²) in [4.78, 5) is 44.5. The van der Waals surface area contributed by atoms with Crippen LogP contribution in [-0.2, 0) is 0 Å². The molecule has 0 unspecified atom stereocenters. The normalized spacial score (nSPS) is 11.4. The minimum atomic E-state index is 0.648. The van der Waals surface area contributed by atoms with Crippen LogP contribution in [0.25, 0.3) is 255 Å². The molecule has 9 nitrogen and oxygen atoms in total. The lowest BCUT2D eigenvalue weighted by Crippen LogP contribution is -2.00. The molecule has 0 bridgehead atoms. The third-order valence-electron chi connectivity index (χ3n) is 25.9. The van der Waals surface area contributed by atoms with Crippen LogP contribution >= 0.6 is 0 Å². The summed E-state index contributed by atoms with van der Waals surface area (Å²) in [6.45, 7) is 0. The number of pyridine rings is 1. The molecule has 0 aliphatic heterocycles. The molecular weight excluding hydrogens is 1650 g/mol. The maximum Gasteiger partial charge on any atom is 0.164 e. The molecule has 26 rings (SSSR count). The van der Waals surface area contributed by atoms with Crippen molar-refractivity contribution in [2.24, 2.45) is 0 Å². The molecule has 0 aliphatic rings. The fraction of sp³-hybridized carbons (Fsp3) is 0. The molecule has 0 atom stereocenters. The minimum Gasteiger partial charge on any atom is -0.256 e. The fourth-order valence-electron chi connectivity index (χ4n) is 19.0. The third-order valence-corrected chi connectivity index (χ3v) is 25.9. The Labute approximate surface area is 785 Å². The van der Waals surface area contributed by atoms with Crippen molar-refractivity contribution in [3.63, 3.8) is 0 Å². The van der Waals surface area contributed by atoms with Crippen molar-refractivity contribution >= 4 is 108 Å². The summed E-state index contributed by atoms with van der Waals surface area (Å²) in [6, 6.07) is 170. The van der Waals surface area contributed by atoms with E-state index in [4.69, 9.17) is 44.9 Å². The van der Waals surface area contributed by atoms with E-state index in [1.807, 2.05) is 170 Å². The Hall–Kier alpha value is -18.3. The lowest BCUT2D eigenvalue weighted by molar-refractivity contribution is 1.07. The second kappa shape index (κ2) is 35.5. The van der Waals surface area contributed by atoms with Gasteiger partial charge in [0, 0.05) is 61.8 Å². The van der Waals surface area contributed by atoms with Crippen molar-refractivity contribution in [2.75, 3.05) is 0 Å². The van der Waals surface area contributed by atoms with Crippen LogP contribution in [0.5, 0.6) is 0 Å². The summed E-state index contributed by atoms with van der Waals surface area (Å²) >= 11 is 0. The van der Waals surface area contributed by atoms with Crippen LogP contribution in [0.2, 0.25) is 0 Å². The smallest absolute Gasteiger partial charge is 0.164 e. The molecule has 0 radical (unpaired) electrons. The lowest BCUT2D eigenvalue weighted by atomic mass is 9.91. The van der Waals surface area contributed by atoms with Crippen molar-refractivity contribution in [3.05, 3.63) is 492 Å². The van der Waals surface area contributed by atoms with Crippen molar-refractivity contribution in [1.82, 2.24) is 44.9 Å². The van der Waals surface area contributed by atoms with Gasteiger partial charge in [-0.25, -0.2) is 39.9 Å². The van der Waals surface area contributed by atoms with E-state index in [1.54, 1.807) is 0 Å². The van der Waals surface area contributed by atoms with Gasteiger partial charge in [-0.2, -0.15) is 0 Å². The molecule has 0 aliphatic carbocycles. The molecular formula is C127H81N9. The van der Waals surface area contributed by atoms with Gasteiger partial charge in [0.2, 0.25) is 0 Å². The van der Waals surface area contributed by atoms with Crippen molar-refractivity contribution < 1.29 is 0 Å². The predicted molar refractivity (Wildman–Crippen MR) is 565 cm³/mol. The molecule has 634 valence electrons. The van der Waals surface area contributed by atoms with Crippen LogP contribution in [0.15, 0.2) is 492 Å². The molecule has 136 heavy (non-hydrogen) atoms. The highest BCUT2D eigenvalue weighted by Crippen LogP contribution is 2.43. The monoisotopic (exact) mass is 1730 g/mol. The van der Waals surface area contributed by atoms with Crippen LogP contribution in [0, 0.1) is 0 Å². The second-order valence-corrected chi connectivity index (χ2v) is 34.3. The first-order valence-corrected chi connectivity index (χ1v) is 45.8. The van der Waals surface area contributed by atoms with E-state index in [1.165, 1.54) is 113 Å². The Bertz CT molecular complexity index is 8920. The van der Waals surface area contributed by atoms with Crippen molar-refractivity contribution in [1.29, 1.82) is 0 Å². The van der Waals surface area contributed by atoms with Crippen LogP contribution in [0.3, 0.4) is 0 Å². The number of nitrogens with zero attached hydrogens (tertiary/aromatic N) is 9. The SMILES string of the molecule is c1ccc(-c2cc(-c3ccccc3)nc(-c3ccnc(-c4ccc5ccc6c7ccccc7ccc6c5c4)c3)n2)cc1.c1ccc(-c2nc(-c3ccccc3)nc(-c3cc(-c4ccc5ccc6c7ccccc7ccc6c5c4)c4ccccc4c3)n2)cc1.c1ccc(-c2nc(-c3ccccc3)nc(-c3cccc(-c4cccc(-c5ccc6ccc7c8ccccc8ccc7c6c5)c4)c3)n2)cc1. The summed E-state index contributed by atoms with van der Waals surface area (Å²) < 4.78 is 0. The van der Waals surface area contributed by atoms with E-state index in [9.17, 15) is 0 Å². The molecule has 0 N–H and O–H groups in total. The highest BCUT2D eigenvalue weighted by atomic mass is 15.0. The van der Waals surface area contributed by atoms with Gasteiger partial charge in [-0.15, -0.1) is 0 Å². The summed E-state index contributed by atoms with van der Waals surface area (Å²) in [5.74, 6) is 4.60. The third kappa shape index (κ3) is 16.0. The molecule has 26 aromatic rings. The van der Waals surface area contributed by atoms with E-state index in [-0.39, 0.29) is 0 Å². The maximum absolute atomic E-state index is 5.04. The highest BCUT2D eigenvalue weighted by Gasteiger charge is 2.21. The summed E-state index contributed by atoms with van der Waals surface area (Å²) in [5, 5.41) is 24.9. The zero-order chi connectivity index (χ0) is 90.2. The largest absolute Gasteiger partial charge is 0.256 e. The highest BCUT2D eigenvalue weighted by molar-refractivity contribution is 6.21. The quantitative estimate of drug-likeness (QED) is 0.104. The standard InChI is InChI=1S/C45H29N3.C43H27N3.C39H25N3/c1-3-12-32(13-4-1)43-46-44(33-14-5-2-6-15-33)48-45(47-43)38-19-10-18-36(28-38)34-16-9-17-35(27-34)37-22-21-31-24-25-40-39-20-8-7-11-30(39)23-26-41(40)42(31)29-37;1-3-12-30(13-4-1)41-44-42(31-14-5-2-6-15-31)46-43(45-41)34-25-32-16-8-10-18-36(32)40(27-34)33-20-19-29-22-23-37-35-17-9-7-11-28(35)21-24-38(37)39(29)26-33;1-3-10-28(11-4-1)37-25-38(29-12-5-2-6-13-29)42-39(41-37)31-21-22-40-36(24-31)30-16-15-27-18-19-33-32-14-8-7-9-26(32)17-20-34(33)35(27)23-30/h1-29H;1-27H;1-25H. The van der Waals surface area contributed by atoms with Gasteiger partial charge < -0.3 is 0 Å². The Kier molecular flexibility index (Phi) is 21.1. The number of rotatable bonds is 13. The molecule has 0 saturated carbocycles. The van der Waals surface area contributed by atoms with Gasteiger partial charge in [0.05, 0.1) is 17.1 Å². The Morgan fingerprint density at radius 2 is 0.382 bits per heavy atom. The summed E-state index contributed by atoms with van der Waals surface area (Å²) in [5.41, 5.74) is 19.4. The first kappa shape index (κ1) is 81.0. The van der Waals surface area contributed by atoms with Gasteiger partial charge in [-0.1, -0.05) is 425 Å². The molecule has 22 aromatic carbocycles. The maximum atomic E-state index is 5.04. The predicted octanol–water partition coefficient (Wildman–Crippen LogP) is 32.8. The first-order chi connectivity index (χ1) is 67.3. The first-order valence-electron chi connectivity index (χ1n) is 45.8. The van der Waals surface area contributed by atoms with Crippen molar-refractivity contribution in [2.45, 2.75) is 0 Å². The van der Waals surface area contributed by atoms with Crippen LogP contribution < -0.4 is 0 Å².